The molecule has 31 heavy (non-hydrogen) atoms. The van der Waals surface area contributed by atoms with Gasteiger partial charge in [0.1, 0.15) is 10.7 Å². The van der Waals surface area contributed by atoms with Crippen LogP contribution < -0.4 is 15.0 Å². The highest BCUT2D eigenvalue weighted by Crippen LogP contribution is 2.47. The van der Waals surface area contributed by atoms with E-state index < -0.39 is 5.67 Å². The summed E-state index contributed by atoms with van der Waals surface area (Å²) in [6, 6.07) is 6.34. The normalized spacial score (nSPS) is 31.9. The zero-order valence-electron chi connectivity index (χ0n) is 17.8. The van der Waals surface area contributed by atoms with Gasteiger partial charge in [0.15, 0.2) is 11.4 Å². The van der Waals surface area contributed by atoms with E-state index in [4.69, 9.17) is 9.72 Å². The molecule has 0 aromatic carbocycles. The summed E-state index contributed by atoms with van der Waals surface area (Å²) in [6.45, 7) is 6.15. The Hall–Kier alpha value is -2.42. The molecule has 2 bridgehead atoms. The summed E-state index contributed by atoms with van der Waals surface area (Å²) in [4.78, 5) is 7.21. The molecule has 3 fully saturated rings. The second kappa shape index (κ2) is 7.05. The molecule has 1 saturated heterocycles. The van der Waals surface area contributed by atoms with Crippen molar-refractivity contribution in [3.63, 3.8) is 0 Å². The van der Waals surface area contributed by atoms with Gasteiger partial charge in [0.2, 0.25) is 5.95 Å². The molecule has 0 spiro atoms. The van der Waals surface area contributed by atoms with Crippen LogP contribution in [0.4, 0.5) is 15.3 Å². The molecule has 164 valence electrons. The van der Waals surface area contributed by atoms with Crippen molar-refractivity contribution in [1.29, 1.82) is 0 Å². The largest absolute Gasteiger partial charge is 0.489 e. The molecule has 3 aliphatic rings. The first-order valence-electron chi connectivity index (χ1n) is 11.1. The Morgan fingerprint density at radius 1 is 1.32 bits per heavy atom. The molecule has 6 rings (SSSR count). The lowest BCUT2D eigenvalue weighted by molar-refractivity contribution is 0.239. The van der Waals surface area contributed by atoms with E-state index in [0.717, 1.165) is 18.8 Å². The number of nitrogens with zero attached hydrogens (tertiary/aromatic N) is 5. The van der Waals surface area contributed by atoms with Crippen LogP contribution in [0, 0.1) is 24.7 Å². The van der Waals surface area contributed by atoms with Gasteiger partial charge in [-0.15, -0.1) is 5.10 Å². The molecule has 3 aromatic rings. The summed E-state index contributed by atoms with van der Waals surface area (Å²) in [6.07, 6.45) is 4.89. The average Bonchev–Trinajstić information content (AvgIpc) is 3.09. The zero-order chi connectivity index (χ0) is 21.2. The Bertz CT molecular complexity index is 1100. The van der Waals surface area contributed by atoms with Crippen molar-refractivity contribution in [2.75, 3.05) is 29.9 Å². The Morgan fingerprint density at radius 2 is 2.10 bits per heavy atom. The first kappa shape index (κ1) is 19.3. The second-order valence-electron chi connectivity index (χ2n) is 9.55. The van der Waals surface area contributed by atoms with Gasteiger partial charge in [-0.05, 0) is 74.7 Å². The number of fused-ring (bicyclic) bond motifs is 3. The van der Waals surface area contributed by atoms with Crippen LogP contribution in [-0.4, -0.2) is 50.4 Å². The molecule has 1 N–H and O–H groups in total. The summed E-state index contributed by atoms with van der Waals surface area (Å²) < 4.78 is 25.9. The maximum atomic E-state index is 13.8. The Balaban J connectivity index is 1.16. The molecule has 4 atom stereocenters. The van der Waals surface area contributed by atoms with Crippen LogP contribution in [0.15, 0.2) is 24.4 Å². The molecule has 9 heteroatoms. The van der Waals surface area contributed by atoms with Gasteiger partial charge in [-0.2, -0.15) is 9.36 Å². The number of halogens is 1. The second-order valence-corrected chi connectivity index (χ2v) is 10.3. The molecule has 4 unspecified atom stereocenters. The third-order valence-corrected chi connectivity index (χ3v) is 8.10. The zero-order valence-corrected chi connectivity index (χ0v) is 18.6. The van der Waals surface area contributed by atoms with Gasteiger partial charge >= 0.3 is 0 Å². The van der Waals surface area contributed by atoms with Gasteiger partial charge in [-0.25, -0.2) is 8.91 Å². The van der Waals surface area contributed by atoms with E-state index in [-0.39, 0.29) is 5.92 Å². The molecule has 0 amide bonds. The van der Waals surface area contributed by atoms with E-state index in [2.05, 4.69) is 32.7 Å². The topological polar surface area (TPSA) is 67.6 Å². The quantitative estimate of drug-likeness (QED) is 0.624. The van der Waals surface area contributed by atoms with E-state index in [1.54, 1.807) is 23.0 Å². The van der Waals surface area contributed by atoms with Crippen LogP contribution in [0.2, 0.25) is 0 Å². The molecule has 0 radical (unpaired) electrons. The number of pyridine rings is 1. The standard InChI is InChI=1S/C22H27FN6OS/c1-13-8-18(31-27-13)28-10-14-5-6-15(11-28)19(14)24-21-25-20-17(4-3-7-29(20)26-21)30-12-16-9-22(16,2)23/h3-4,7-8,14-16,19H,5-6,9-12H2,1-2H3,(H,24,26). The molecular weight excluding hydrogens is 415 g/mol. The third-order valence-electron chi connectivity index (χ3n) is 7.16. The van der Waals surface area contributed by atoms with E-state index in [0.29, 0.717) is 48.3 Å². The predicted molar refractivity (Wildman–Crippen MR) is 119 cm³/mol. The van der Waals surface area contributed by atoms with Crippen molar-refractivity contribution in [2.24, 2.45) is 17.8 Å². The van der Waals surface area contributed by atoms with Crippen molar-refractivity contribution in [1.82, 2.24) is 19.0 Å². The third kappa shape index (κ3) is 3.52. The van der Waals surface area contributed by atoms with E-state index in [1.807, 2.05) is 18.3 Å². The number of anilines is 2. The fraction of sp³-hybridized carbons (Fsp3) is 0.591. The minimum absolute atomic E-state index is 0.0311. The molecule has 3 aromatic heterocycles. The number of piperidine rings is 1. The monoisotopic (exact) mass is 442 g/mol. The number of ether oxygens (including phenoxy) is 1. The maximum Gasteiger partial charge on any atom is 0.243 e. The predicted octanol–water partition coefficient (Wildman–Crippen LogP) is 3.95. The van der Waals surface area contributed by atoms with E-state index in [9.17, 15) is 4.39 Å². The summed E-state index contributed by atoms with van der Waals surface area (Å²) in [5.74, 6) is 2.41. The summed E-state index contributed by atoms with van der Waals surface area (Å²) in [5, 5.41) is 9.54. The van der Waals surface area contributed by atoms with Gasteiger partial charge in [0.05, 0.1) is 12.3 Å². The minimum atomic E-state index is -1.09. The number of aryl methyl sites for hydroxylation is 1. The average molecular weight is 443 g/mol. The lowest BCUT2D eigenvalue weighted by atomic mass is 9.92. The summed E-state index contributed by atoms with van der Waals surface area (Å²) in [5.41, 5.74) is 0.686. The van der Waals surface area contributed by atoms with E-state index >= 15 is 0 Å². The number of hydrogen-bond donors (Lipinski definition) is 1. The number of nitrogens with one attached hydrogen (secondary N) is 1. The molecule has 1 aliphatic heterocycles. The first-order chi connectivity index (χ1) is 15.0. The van der Waals surface area contributed by atoms with Crippen molar-refractivity contribution in [3.8, 4) is 5.75 Å². The fourth-order valence-corrected chi connectivity index (χ4v) is 5.97. The Labute approximate surface area is 184 Å². The first-order valence-corrected chi connectivity index (χ1v) is 11.9. The van der Waals surface area contributed by atoms with Crippen molar-refractivity contribution < 1.29 is 9.13 Å². The van der Waals surface area contributed by atoms with Crippen LogP contribution in [0.1, 0.15) is 31.9 Å². The lowest BCUT2D eigenvalue weighted by Crippen LogP contribution is -2.48. The lowest BCUT2D eigenvalue weighted by Gasteiger charge is -2.38. The molecule has 7 nitrogen and oxygen atoms in total. The van der Waals surface area contributed by atoms with Crippen molar-refractivity contribution >= 4 is 28.1 Å². The number of hydrogen-bond acceptors (Lipinski definition) is 7. The van der Waals surface area contributed by atoms with Crippen LogP contribution in [0.3, 0.4) is 0 Å². The van der Waals surface area contributed by atoms with Crippen molar-refractivity contribution in [2.45, 2.75) is 44.8 Å². The highest BCUT2D eigenvalue weighted by Gasteiger charge is 2.51. The van der Waals surface area contributed by atoms with Gasteiger partial charge in [0, 0.05) is 31.2 Å². The summed E-state index contributed by atoms with van der Waals surface area (Å²) >= 11 is 1.60. The van der Waals surface area contributed by atoms with E-state index in [1.165, 1.54) is 17.8 Å². The van der Waals surface area contributed by atoms with Crippen LogP contribution in [-0.2, 0) is 0 Å². The molecule has 4 heterocycles. The molecule has 2 saturated carbocycles. The Kier molecular flexibility index (Phi) is 4.38. The smallest absolute Gasteiger partial charge is 0.243 e. The maximum absolute atomic E-state index is 13.8. The van der Waals surface area contributed by atoms with Crippen LogP contribution in [0.25, 0.3) is 5.65 Å². The van der Waals surface area contributed by atoms with Gasteiger partial charge in [-0.3, -0.25) is 0 Å². The highest BCUT2D eigenvalue weighted by molar-refractivity contribution is 7.10. The minimum Gasteiger partial charge on any atom is -0.489 e. The summed E-state index contributed by atoms with van der Waals surface area (Å²) in [7, 11) is 0. The van der Waals surface area contributed by atoms with Crippen LogP contribution >= 0.6 is 11.5 Å². The SMILES string of the molecule is Cc1cc(N2CC3CCC(C2)C3Nc2nc3c(OCC4CC4(C)F)cccn3n2)sn1. The Morgan fingerprint density at radius 3 is 2.77 bits per heavy atom. The molecule has 2 aliphatic carbocycles. The number of aromatic nitrogens is 4. The number of alkyl halides is 1. The van der Waals surface area contributed by atoms with Gasteiger partial charge < -0.3 is 15.0 Å². The fourth-order valence-electron chi connectivity index (χ4n) is 5.19. The number of rotatable bonds is 6. The molecular formula is C22H27FN6OS. The van der Waals surface area contributed by atoms with Gasteiger partial charge in [-0.1, -0.05) is 0 Å². The van der Waals surface area contributed by atoms with Crippen molar-refractivity contribution in [3.05, 3.63) is 30.1 Å². The van der Waals surface area contributed by atoms with Gasteiger partial charge in [0.25, 0.3) is 0 Å². The highest BCUT2D eigenvalue weighted by atomic mass is 32.1. The van der Waals surface area contributed by atoms with Crippen LogP contribution in [0.5, 0.6) is 5.75 Å².